The predicted molar refractivity (Wildman–Crippen MR) is 85.8 cm³/mol. The quantitative estimate of drug-likeness (QED) is 0.658. The minimum atomic E-state index is -0.318. The summed E-state index contributed by atoms with van der Waals surface area (Å²) < 4.78 is 10.5. The zero-order chi connectivity index (χ0) is 15.8. The summed E-state index contributed by atoms with van der Waals surface area (Å²) in [7, 11) is 0. The Labute approximate surface area is 129 Å². The van der Waals surface area contributed by atoms with E-state index in [-0.39, 0.29) is 12.5 Å². The van der Waals surface area contributed by atoms with Crippen LogP contribution in [0.5, 0.6) is 5.75 Å². The van der Waals surface area contributed by atoms with Crippen molar-refractivity contribution in [3.8, 4) is 5.75 Å². The van der Waals surface area contributed by atoms with Crippen LogP contribution in [0.4, 0.5) is 0 Å². The third-order valence-corrected chi connectivity index (χ3v) is 2.72. The summed E-state index contributed by atoms with van der Waals surface area (Å²) in [4.78, 5) is 11.6. The lowest BCUT2D eigenvalue weighted by atomic mass is 10.1. The highest BCUT2D eigenvalue weighted by molar-refractivity contribution is 5.81. The first-order valence-electron chi connectivity index (χ1n) is 6.86. The van der Waals surface area contributed by atoms with E-state index in [1.54, 1.807) is 24.5 Å². The molecule has 22 heavy (non-hydrogen) atoms. The fourth-order valence-electron chi connectivity index (χ4n) is 1.87. The molecule has 1 aromatic carbocycles. The summed E-state index contributed by atoms with van der Waals surface area (Å²) in [5.41, 5.74) is 4.57. The van der Waals surface area contributed by atoms with Gasteiger partial charge in [0.1, 0.15) is 11.5 Å². The van der Waals surface area contributed by atoms with Gasteiger partial charge in [0.2, 0.25) is 0 Å². The van der Waals surface area contributed by atoms with Crippen LogP contribution in [0.25, 0.3) is 6.08 Å². The number of hydrazone groups is 1. The highest BCUT2D eigenvalue weighted by atomic mass is 16.5. The van der Waals surface area contributed by atoms with Gasteiger partial charge in [-0.1, -0.05) is 6.07 Å². The molecule has 0 aliphatic heterocycles. The summed E-state index contributed by atoms with van der Waals surface area (Å²) in [6.07, 6.45) is 6.46. The highest BCUT2D eigenvalue weighted by Gasteiger charge is 2.02. The predicted octanol–water partition coefficient (Wildman–Crippen LogP) is 3.09. The van der Waals surface area contributed by atoms with Crippen molar-refractivity contribution in [2.45, 2.75) is 13.8 Å². The Hall–Kier alpha value is -2.82. The SMILES string of the molecule is Cc1cc(C)cc(OCC(=O)N/N=C/C=C/c2ccco2)c1. The van der Waals surface area contributed by atoms with Gasteiger partial charge >= 0.3 is 0 Å². The van der Waals surface area contributed by atoms with E-state index in [1.165, 1.54) is 6.21 Å². The number of benzene rings is 1. The number of carbonyl (C=O) groups is 1. The Bertz CT molecular complexity index is 653. The Balaban J connectivity index is 1.73. The monoisotopic (exact) mass is 298 g/mol. The maximum Gasteiger partial charge on any atom is 0.277 e. The molecule has 0 bridgehead atoms. The Kier molecular flexibility index (Phi) is 5.54. The lowest BCUT2D eigenvalue weighted by molar-refractivity contribution is -0.123. The fourth-order valence-corrected chi connectivity index (χ4v) is 1.87. The molecule has 0 radical (unpaired) electrons. The second-order valence-electron chi connectivity index (χ2n) is 4.80. The Morgan fingerprint density at radius 1 is 1.32 bits per heavy atom. The van der Waals surface area contributed by atoms with Gasteiger partial charge in [0.05, 0.1) is 6.26 Å². The molecule has 5 nitrogen and oxygen atoms in total. The van der Waals surface area contributed by atoms with Gasteiger partial charge in [-0.2, -0.15) is 5.10 Å². The summed E-state index contributed by atoms with van der Waals surface area (Å²) >= 11 is 0. The lowest BCUT2D eigenvalue weighted by Gasteiger charge is -2.07. The van der Waals surface area contributed by atoms with Gasteiger partial charge in [-0.25, -0.2) is 5.43 Å². The molecule has 1 aromatic heterocycles. The Morgan fingerprint density at radius 2 is 2.09 bits per heavy atom. The average Bonchev–Trinajstić information content (AvgIpc) is 2.97. The maximum atomic E-state index is 11.6. The third kappa shape index (κ3) is 5.28. The molecule has 1 N–H and O–H groups in total. The van der Waals surface area contributed by atoms with E-state index in [9.17, 15) is 4.79 Å². The zero-order valence-electron chi connectivity index (χ0n) is 12.6. The Morgan fingerprint density at radius 3 is 2.77 bits per heavy atom. The van der Waals surface area contributed by atoms with Crippen LogP contribution < -0.4 is 10.2 Å². The second kappa shape index (κ2) is 7.83. The topological polar surface area (TPSA) is 63.8 Å². The molecule has 0 unspecified atom stereocenters. The number of aryl methyl sites for hydroxylation is 2. The molecule has 0 aliphatic carbocycles. The van der Waals surface area contributed by atoms with Crippen molar-refractivity contribution in [2.75, 3.05) is 6.61 Å². The van der Waals surface area contributed by atoms with Crippen molar-refractivity contribution in [2.24, 2.45) is 5.10 Å². The molecule has 1 amide bonds. The largest absolute Gasteiger partial charge is 0.484 e. The van der Waals surface area contributed by atoms with Crippen molar-refractivity contribution < 1.29 is 13.9 Å². The molecular weight excluding hydrogens is 280 g/mol. The van der Waals surface area contributed by atoms with E-state index in [0.717, 1.165) is 16.9 Å². The first kappa shape index (κ1) is 15.6. The minimum absolute atomic E-state index is 0.0812. The first-order valence-corrected chi connectivity index (χ1v) is 6.86. The third-order valence-electron chi connectivity index (χ3n) is 2.72. The number of carbonyl (C=O) groups excluding carboxylic acids is 1. The van der Waals surface area contributed by atoms with E-state index in [0.29, 0.717) is 5.75 Å². The van der Waals surface area contributed by atoms with Gasteiger partial charge in [-0.3, -0.25) is 4.79 Å². The number of nitrogens with one attached hydrogen (secondary N) is 1. The molecule has 0 spiro atoms. The van der Waals surface area contributed by atoms with Crippen molar-refractivity contribution in [1.82, 2.24) is 5.43 Å². The number of rotatable bonds is 6. The molecule has 114 valence electrons. The zero-order valence-corrected chi connectivity index (χ0v) is 12.6. The van der Waals surface area contributed by atoms with Crippen molar-refractivity contribution in [1.29, 1.82) is 0 Å². The van der Waals surface area contributed by atoms with E-state index >= 15 is 0 Å². The number of ether oxygens (including phenoxy) is 1. The van der Waals surface area contributed by atoms with E-state index in [1.807, 2.05) is 38.1 Å². The minimum Gasteiger partial charge on any atom is -0.484 e. The average molecular weight is 298 g/mol. The van der Waals surface area contributed by atoms with Crippen LogP contribution in [0.15, 0.2) is 52.2 Å². The van der Waals surface area contributed by atoms with Gasteiger partial charge in [-0.05, 0) is 61.4 Å². The standard InChI is InChI=1S/C17H18N2O3/c1-13-9-14(2)11-16(10-13)22-12-17(20)19-18-7-3-5-15-6-4-8-21-15/h3-11H,12H2,1-2H3,(H,19,20)/b5-3+,18-7+. The fraction of sp³-hybridized carbons (Fsp3) is 0.176. The van der Waals surface area contributed by atoms with Crippen LogP contribution in [0, 0.1) is 13.8 Å². The van der Waals surface area contributed by atoms with Gasteiger partial charge in [0.25, 0.3) is 5.91 Å². The van der Waals surface area contributed by atoms with Gasteiger partial charge in [0, 0.05) is 6.21 Å². The molecule has 0 saturated carbocycles. The maximum absolute atomic E-state index is 11.6. The summed E-state index contributed by atoms with van der Waals surface area (Å²) in [5, 5.41) is 3.79. The number of nitrogens with zero attached hydrogens (tertiary/aromatic N) is 1. The number of amides is 1. The van der Waals surface area contributed by atoms with Crippen molar-refractivity contribution in [3.05, 3.63) is 59.6 Å². The van der Waals surface area contributed by atoms with Crippen LogP contribution in [0.2, 0.25) is 0 Å². The van der Waals surface area contributed by atoms with Crippen molar-refractivity contribution in [3.63, 3.8) is 0 Å². The van der Waals surface area contributed by atoms with Gasteiger partial charge in [0.15, 0.2) is 6.61 Å². The number of hydrogen-bond donors (Lipinski definition) is 1. The highest BCUT2D eigenvalue weighted by Crippen LogP contribution is 2.15. The van der Waals surface area contributed by atoms with Gasteiger partial charge in [-0.15, -0.1) is 0 Å². The number of hydrogen-bond acceptors (Lipinski definition) is 4. The van der Waals surface area contributed by atoms with Crippen LogP contribution >= 0.6 is 0 Å². The molecule has 0 fully saturated rings. The summed E-state index contributed by atoms with van der Waals surface area (Å²) in [6, 6.07) is 9.43. The molecule has 0 atom stereocenters. The molecular formula is C17H18N2O3. The smallest absolute Gasteiger partial charge is 0.277 e. The molecule has 0 saturated heterocycles. The van der Waals surface area contributed by atoms with Crippen molar-refractivity contribution >= 4 is 18.2 Å². The number of furan rings is 1. The van der Waals surface area contributed by atoms with Gasteiger partial charge < -0.3 is 9.15 Å². The van der Waals surface area contributed by atoms with E-state index in [2.05, 4.69) is 10.5 Å². The second-order valence-corrected chi connectivity index (χ2v) is 4.80. The van der Waals surface area contributed by atoms with Crippen LogP contribution in [0.1, 0.15) is 16.9 Å². The normalized spacial score (nSPS) is 11.2. The van der Waals surface area contributed by atoms with E-state index in [4.69, 9.17) is 9.15 Å². The summed E-state index contributed by atoms with van der Waals surface area (Å²) in [6.45, 7) is 3.88. The lowest BCUT2D eigenvalue weighted by Crippen LogP contribution is -2.24. The summed E-state index contributed by atoms with van der Waals surface area (Å²) in [5.74, 6) is 1.08. The molecule has 1 heterocycles. The molecule has 2 rings (SSSR count). The van der Waals surface area contributed by atoms with Crippen LogP contribution in [0.3, 0.4) is 0 Å². The first-order chi connectivity index (χ1) is 10.6. The molecule has 0 aliphatic rings. The molecule has 2 aromatic rings. The molecule has 5 heteroatoms. The van der Waals surface area contributed by atoms with E-state index < -0.39 is 0 Å². The van der Waals surface area contributed by atoms with Crippen LogP contribution in [-0.4, -0.2) is 18.7 Å². The number of allylic oxidation sites excluding steroid dienone is 1. The van der Waals surface area contributed by atoms with Crippen LogP contribution in [-0.2, 0) is 4.79 Å².